The minimum Gasteiger partial charge on any atom is -0.491 e. The molecule has 2 unspecified atom stereocenters. The molecule has 1 aliphatic heterocycles. The van der Waals surface area contributed by atoms with Crippen LogP contribution in [0.5, 0.6) is 5.75 Å². The number of carboxylic acid groups (broad SMARTS) is 1. The summed E-state index contributed by atoms with van der Waals surface area (Å²) in [6.45, 7) is 1.19. The van der Waals surface area contributed by atoms with E-state index in [9.17, 15) is 18.3 Å². The Balaban J connectivity index is 1.42. The van der Waals surface area contributed by atoms with E-state index in [1.807, 2.05) is 42.5 Å². The SMILES string of the molecule is CS(=O)(=O)OCCOc1ccc(C2CCN(C(=O)O)CC2OCc2ccc3ccccc3c2)cc1. The number of hydrogen-bond donors (Lipinski definition) is 1. The summed E-state index contributed by atoms with van der Waals surface area (Å²) < 4.78 is 38.6. The molecule has 1 N–H and O–H groups in total. The normalized spacial score (nSPS) is 18.5. The van der Waals surface area contributed by atoms with Crippen molar-refractivity contribution < 1.29 is 32.0 Å². The Hall–Kier alpha value is -3.14. The van der Waals surface area contributed by atoms with E-state index < -0.39 is 16.2 Å². The van der Waals surface area contributed by atoms with E-state index in [0.29, 0.717) is 31.9 Å². The van der Waals surface area contributed by atoms with Crippen LogP contribution in [-0.4, -0.2) is 63.2 Å². The van der Waals surface area contributed by atoms with Gasteiger partial charge in [0, 0.05) is 12.5 Å². The number of amides is 1. The lowest BCUT2D eigenvalue weighted by Crippen LogP contribution is -2.46. The summed E-state index contributed by atoms with van der Waals surface area (Å²) in [6, 6.07) is 21.9. The van der Waals surface area contributed by atoms with Crippen LogP contribution in [0, 0.1) is 0 Å². The molecule has 0 radical (unpaired) electrons. The molecule has 3 aromatic carbocycles. The number of likely N-dealkylation sites (tertiary alicyclic amines) is 1. The highest BCUT2D eigenvalue weighted by molar-refractivity contribution is 7.85. The van der Waals surface area contributed by atoms with Crippen molar-refractivity contribution in [2.75, 3.05) is 32.6 Å². The first-order valence-electron chi connectivity index (χ1n) is 11.4. The van der Waals surface area contributed by atoms with Gasteiger partial charge in [-0.1, -0.05) is 48.5 Å². The van der Waals surface area contributed by atoms with Crippen molar-refractivity contribution in [2.24, 2.45) is 0 Å². The maximum atomic E-state index is 11.6. The molecule has 1 saturated heterocycles. The van der Waals surface area contributed by atoms with Gasteiger partial charge in [0.2, 0.25) is 0 Å². The zero-order valence-corrected chi connectivity index (χ0v) is 20.3. The summed E-state index contributed by atoms with van der Waals surface area (Å²) in [5.74, 6) is 0.635. The van der Waals surface area contributed by atoms with Crippen LogP contribution in [0.25, 0.3) is 10.8 Å². The molecule has 2 atom stereocenters. The van der Waals surface area contributed by atoms with Crippen LogP contribution in [0.4, 0.5) is 4.79 Å². The summed E-state index contributed by atoms with van der Waals surface area (Å²) in [5.41, 5.74) is 2.08. The van der Waals surface area contributed by atoms with Gasteiger partial charge >= 0.3 is 6.09 Å². The van der Waals surface area contributed by atoms with Gasteiger partial charge in [-0.3, -0.25) is 4.18 Å². The molecule has 1 heterocycles. The van der Waals surface area contributed by atoms with Gasteiger partial charge in [-0.25, -0.2) is 4.79 Å². The molecular formula is C26H29NO7S. The van der Waals surface area contributed by atoms with E-state index in [1.165, 1.54) is 4.90 Å². The fraction of sp³-hybridized carbons (Fsp3) is 0.346. The van der Waals surface area contributed by atoms with Crippen molar-refractivity contribution >= 4 is 27.0 Å². The number of rotatable bonds is 9. The standard InChI is InChI=1S/C26H29NO7S/c1-35(30,31)34-15-14-32-23-10-8-21(9-11-23)24-12-13-27(26(28)29)17-25(24)33-18-19-6-7-20-4-2-3-5-22(20)16-19/h2-11,16,24-25H,12-15,17-18H2,1H3,(H,28,29). The average molecular weight is 500 g/mol. The van der Waals surface area contributed by atoms with Crippen molar-refractivity contribution in [3.05, 3.63) is 77.9 Å². The molecule has 4 rings (SSSR count). The third-order valence-corrected chi connectivity index (χ3v) is 6.66. The molecule has 1 aliphatic rings. The van der Waals surface area contributed by atoms with Crippen LogP contribution in [0.2, 0.25) is 0 Å². The molecule has 0 spiro atoms. The van der Waals surface area contributed by atoms with Crippen LogP contribution in [0.15, 0.2) is 66.7 Å². The topological polar surface area (TPSA) is 102 Å². The van der Waals surface area contributed by atoms with Gasteiger partial charge in [0.25, 0.3) is 10.1 Å². The predicted octanol–water partition coefficient (Wildman–Crippen LogP) is 4.25. The van der Waals surface area contributed by atoms with Crippen LogP contribution >= 0.6 is 0 Å². The third kappa shape index (κ3) is 6.94. The number of ether oxygens (including phenoxy) is 2. The Labute approximate surface area is 205 Å². The second-order valence-electron chi connectivity index (χ2n) is 8.60. The van der Waals surface area contributed by atoms with E-state index in [0.717, 1.165) is 28.2 Å². The van der Waals surface area contributed by atoms with Crippen LogP contribution in [0.3, 0.4) is 0 Å². The molecule has 1 amide bonds. The molecule has 0 aliphatic carbocycles. The fourth-order valence-corrected chi connectivity index (χ4v) is 4.70. The van der Waals surface area contributed by atoms with Gasteiger partial charge in [0.1, 0.15) is 19.0 Å². The van der Waals surface area contributed by atoms with E-state index in [1.54, 1.807) is 0 Å². The van der Waals surface area contributed by atoms with E-state index in [-0.39, 0.29) is 25.2 Å². The molecule has 8 nitrogen and oxygen atoms in total. The molecule has 3 aromatic rings. The van der Waals surface area contributed by atoms with Crippen molar-refractivity contribution in [1.29, 1.82) is 0 Å². The molecule has 0 bridgehead atoms. The highest BCUT2D eigenvalue weighted by atomic mass is 32.2. The van der Waals surface area contributed by atoms with Crippen LogP contribution in [0.1, 0.15) is 23.5 Å². The highest BCUT2D eigenvalue weighted by Crippen LogP contribution is 2.32. The Bertz CT molecular complexity index is 1260. The van der Waals surface area contributed by atoms with Crippen molar-refractivity contribution in [2.45, 2.75) is 25.0 Å². The fourth-order valence-electron chi connectivity index (χ4n) is 4.33. The summed E-state index contributed by atoms with van der Waals surface area (Å²) >= 11 is 0. The van der Waals surface area contributed by atoms with Crippen molar-refractivity contribution in [1.82, 2.24) is 4.90 Å². The quantitative estimate of drug-likeness (QED) is 0.347. The summed E-state index contributed by atoms with van der Waals surface area (Å²) in [4.78, 5) is 13.0. The maximum absolute atomic E-state index is 11.6. The Morgan fingerprint density at radius 1 is 1.03 bits per heavy atom. The van der Waals surface area contributed by atoms with E-state index >= 15 is 0 Å². The Morgan fingerprint density at radius 3 is 2.49 bits per heavy atom. The zero-order chi connectivity index (χ0) is 24.8. The predicted molar refractivity (Wildman–Crippen MR) is 132 cm³/mol. The smallest absolute Gasteiger partial charge is 0.407 e. The lowest BCUT2D eigenvalue weighted by Gasteiger charge is -2.37. The van der Waals surface area contributed by atoms with Gasteiger partial charge in [-0.05, 0) is 46.5 Å². The Kier molecular flexibility index (Phi) is 7.90. The minimum atomic E-state index is -3.49. The number of hydrogen-bond acceptors (Lipinski definition) is 6. The lowest BCUT2D eigenvalue weighted by molar-refractivity contribution is -0.0199. The highest BCUT2D eigenvalue weighted by Gasteiger charge is 2.33. The van der Waals surface area contributed by atoms with Crippen molar-refractivity contribution in [3.63, 3.8) is 0 Å². The molecule has 0 aromatic heterocycles. The van der Waals surface area contributed by atoms with E-state index in [2.05, 4.69) is 28.4 Å². The van der Waals surface area contributed by atoms with Crippen LogP contribution < -0.4 is 4.74 Å². The van der Waals surface area contributed by atoms with Crippen molar-refractivity contribution in [3.8, 4) is 5.75 Å². The first kappa shape index (κ1) is 25.0. The molecule has 9 heteroatoms. The number of carbonyl (C=O) groups is 1. The first-order valence-corrected chi connectivity index (χ1v) is 13.2. The third-order valence-electron chi connectivity index (χ3n) is 6.07. The number of fused-ring (bicyclic) bond motifs is 1. The molecule has 186 valence electrons. The molecule has 1 fully saturated rings. The van der Waals surface area contributed by atoms with Gasteiger partial charge in [0.05, 0.1) is 25.5 Å². The molecular weight excluding hydrogens is 470 g/mol. The summed E-state index contributed by atoms with van der Waals surface area (Å²) in [5, 5.41) is 11.8. The zero-order valence-electron chi connectivity index (χ0n) is 19.5. The van der Waals surface area contributed by atoms with Gasteiger partial charge in [0.15, 0.2) is 0 Å². The molecule has 0 saturated carbocycles. The maximum Gasteiger partial charge on any atom is 0.407 e. The summed E-state index contributed by atoms with van der Waals surface area (Å²) in [7, 11) is -3.49. The van der Waals surface area contributed by atoms with Crippen LogP contribution in [-0.2, 0) is 25.6 Å². The van der Waals surface area contributed by atoms with Gasteiger partial charge in [-0.15, -0.1) is 0 Å². The van der Waals surface area contributed by atoms with Gasteiger partial charge in [-0.2, -0.15) is 8.42 Å². The van der Waals surface area contributed by atoms with Gasteiger partial charge < -0.3 is 19.5 Å². The lowest BCUT2D eigenvalue weighted by atomic mass is 9.87. The monoisotopic (exact) mass is 499 g/mol. The van der Waals surface area contributed by atoms with E-state index in [4.69, 9.17) is 9.47 Å². The Morgan fingerprint density at radius 2 is 1.77 bits per heavy atom. The minimum absolute atomic E-state index is 0.0358. The first-order chi connectivity index (χ1) is 16.8. The average Bonchev–Trinajstić information content (AvgIpc) is 2.85. The molecule has 35 heavy (non-hydrogen) atoms. The largest absolute Gasteiger partial charge is 0.491 e. The second kappa shape index (κ2) is 11.1. The second-order valence-corrected chi connectivity index (χ2v) is 10.2. The number of nitrogens with zero attached hydrogens (tertiary/aromatic N) is 1. The number of piperidine rings is 1. The number of benzene rings is 3. The summed E-state index contributed by atoms with van der Waals surface area (Å²) in [6.07, 6.45) is 0.414.